The van der Waals surface area contributed by atoms with E-state index < -0.39 is 11.7 Å². The summed E-state index contributed by atoms with van der Waals surface area (Å²) in [6.45, 7) is 1.76. The lowest BCUT2D eigenvalue weighted by Gasteiger charge is -2.19. The normalized spacial score (nSPS) is 13.0. The molecule has 0 saturated heterocycles. The topological polar surface area (TPSA) is 50.9 Å². The summed E-state index contributed by atoms with van der Waals surface area (Å²) in [4.78, 5) is 3.83. The molecule has 0 bridgehead atoms. The van der Waals surface area contributed by atoms with Gasteiger partial charge in [-0.15, -0.1) is 0 Å². The fourth-order valence-corrected chi connectivity index (χ4v) is 2.17. The van der Waals surface area contributed by atoms with Gasteiger partial charge in [0.15, 0.2) is 0 Å². The molecule has 2 aromatic rings. The van der Waals surface area contributed by atoms with Gasteiger partial charge in [0.2, 0.25) is 0 Å². The Morgan fingerprint density at radius 3 is 2.43 bits per heavy atom. The van der Waals surface area contributed by atoms with Gasteiger partial charge in [-0.25, -0.2) is 4.98 Å². The summed E-state index contributed by atoms with van der Waals surface area (Å²) in [7, 11) is 0. The van der Waals surface area contributed by atoms with Crippen molar-refractivity contribution in [2.24, 2.45) is 0 Å². The van der Waals surface area contributed by atoms with Crippen molar-refractivity contribution in [3.63, 3.8) is 0 Å². The van der Waals surface area contributed by atoms with Gasteiger partial charge in [-0.3, -0.25) is 0 Å². The molecule has 2 rings (SSSR count). The minimum atomic E-state index is -4.47. The summed E-state index contributed by atoms with van der Waals surface area (Å²) in [5, 5.41) is 2.79. The van der Waals surface area contributed by atoms with E-state index in [4.69, 9.17) is 5.73 Å². The minimum absolute atomic E-state index is 0.199. The predicted octanol–water partition coefficient (Wildman–Crippen LogP) is 4.62. The van der Waals surface area contributed by atoms with Crippen LogP contribution in [-0.4, -0.2) is 4.98 Å². The first-order valence-corrected chi connectivity index (χ1v) is 6.91. The molecule has 0 aliphatic heterocycles. The molecule has 1 aromatic carbocycles. The molecule has 0 amide bonds. The van der Waals surface area contributed by atoms with Crippen molar-refractivity contribution in [2.75, 3.05) is 11.1 Å². The van der Waals surface area contributed by atoms with Crippen LogP contribution in [0.1, 0.15) is 24.1 Å². The van der Waals surface area contributed by atoms with E-state index in [1.165, 1.54) is 6.20 Å². The average molecular weight is 360 g/mol. The van der Waals surface area contributed by atoms with Gasteiger partial charge in [0.25, 0.3) is 0 Å². The molecule has 1 atom stereocenters. The smallest absolute Gasteiger partial charge is 0.399 e. The van der Waals surface area contributed by atoms with Crippen molar-refractivity contribution in [1.29, 1.82) is 0 Å². The highest BCUT2D eigenvalue weighted by atomic mass is 79.9. The number of halogens is 4. The summed E-state index contributed by atoms with van der Waals surface area (Å²) in [6.07, 6.45) is -3.15. The first-order valence-electron chi connectivity index (χ1n) is 6.12. The van der Waals surface area contributed by atoms with E-state index >= 15 is 0 Å². The van der Waals surface area contributed by atoms with Crippen LogP contribution in [0.3, 0.4) is 0 Å². The maximum absolute atomic E-state index is 13.0. The van der Waals surface area contributed by atoms with Gasteiger partial charge in [0.05, 0.1) is 5.56 Å². The Bertz CT molecular complexity index is 626. The van der Waals surface area contributed by atoms with Crippen molar-refractivity contribution in [2.45, 2.75) is 19.1 Å². The molecule has 0 spiro atoms. The molecule has 0 fully saturated rings. The number of hydrogen-bond donors (Lipinski definition) is 2. The molecule has 1 aromatic heterocycles. The third-order valence-electron chi connectivity index (χ3n) is 2.95. The number of nitrogens with zero attached hydrogens (tertiary/aromatic N) is 1. The molecule has 0 aliphatic rings. The van der Waals surface area contributed by atoms with Crippen LogP contribution in [0.25, 0.3) is 0 Å². The summed E-state index contributed by atoms with van der Waals surface area (Å²) in [5.41, 5.74) is 6.21. The average Bonchev–Trinajstić information content (AvgIpc) is 2.40. The Balaban J connectivity index is 2.29. The molecular weight excluding hydrogens is 347 g/mol. The zero-order chi connectivity index (χ0) is 15.6. The highest BCUT2D eigenvalue weighted by Gasteiger charge is 2.35. The van der Waals surface area contributed by atoms with E-state index in [-0.39, 0.29) is 16.3 Å². The SMILES string of the molecule is CC(Nc1ncc(Br)cc1C(F)(F)F)c1ccc(N)cc1. The van der Waals surface area contributed by atoms with Crippen LogP contribution in [0.15, 0.2) is 41.0 Å². The molecular formula is C14H13BrF3N3. The number of anilines is 2. The number of nitrogens with two attached hydrogens (primary N) is 1. The quantitative estimate of drug-likeness (QED) is 0.786. The monoisotopic (exact) mass is 359 g/mol. The number of rotatable bonds is 3. The molecule has 3 nitrogen and oxygen atoms in total. The van der Waals surface area contributed by atoms with Gasteiger partial charge in [-0.05, 0) is 46.6 Å². The highest BCUT2D eigenvalue weighted by Crippen LogP contribution is 2.36. The third-order valence-corrected chi connectivity index (χ3v) is 3.38. The molecule has 1 heterocycles. The van der Waals surface area contributed by atoms with Crippen molar-refractivity contribution < 1.29 is 13.2 Å². The number of aromatic nitrogens is 1. The lowest BCUT2D eigenvalue weighted by atomic mass is 10.1. The predicted molar refractivity (Wildman–Crippen MR) is 79.8 cm³/mol. The van der Waals surface area contributed by atoms with E-state index in [1.54, 1.807) is 31.2 Å². The van der Waals surface area contributed by atoms with Gasteiger partial charge in [-0.2, -0.15) is 13.2 Å². The second kappa shape index (κ2) is 5.93. The molecule has 7 heteroatoms. The van der Waals surface area contributed by atoms with Crippen LogP contribution < -0.4 is 11.1 Å². The highest BCUT2D eigenvalue weighted by molar-refractivity contribution is 9.10. The van der Waals surface area contributed by atoms with E-state index in [0.717, 1.165) is 11.6 Å². The summed E-state index contributed by atoms with van der Waals surface area (Å²) >= 11 is 3.00. The van der Waals surface area contributed by atoms with Crippen LogP contribution in [-0.2, 0) is 6.18 Å². The summed E-state index contributed by atoms with van der Waals surface area (Å²) in [6, 6.07) is 7.60. The molecule has 0 aliphatic carbocycles. The molecule has 0 saturated carbocycles. The zero-order valence-corrected chi connectivity index (χ0v) is 12.7. The molecule has 112 valence electrons. The Hall–Kier alpha value is -1.76. The lowest BCUT2D eigenvalue weighted by molar-refractivity contribution is -0.137. The maximum atomic E-state index is 13.0. The third kappa shape index (κ3) is 3.87. The standard InChI is InChI=1S/C14H13BrF3N3/c1-8(9-2-4-11(19)5-3-9)21-13-12(14(16,17)18)6-10(15)7-20-13/h2-8H,19H2,1H3,(H,20,21). The van der Waals surface area contributed by atoms with E-state index in [0.29, 0.717) is 5.69 Å². The van der Waals surface area contributed by atoms with Crippen LogP contribution in [0.2, 0.25) is 0 Å². The maximum Gasteiger partial charge on any atom is 0.419 e. The van der Waals surface area contributed by atoms with Crippen LogP contribution >= 0.6 is 15.9 Å². The van der Waals surface area contributed by atoms with Crippen LogP contribution in [0, 0.1) is 0 Å². The summed E-state index contributed by atoms with van der Waals surface area (Å²) < 4.78 is 39.3. The minimum Gasteiger partial charge on any atom is -0.399 e. The second-order valence-electron chi connectivity index (χ2n) is 4.58. The fourth-order valence-electron chi connectivity index (χ4n) is 1.84. The van der Waals surface area contributed by atoms with Gasteiger partial charge in [-0.1, -0.05) is 12.1 Å². The molecule has 21 heavy (non-hydrogen) atoms. The lowest BCUT2D eigenvalue weighted by Crippen LogP contribution is -2.15. The first-order chi connectivity index (χ1) is 9.77. The van der Waals surface area contributed by atoms with Gasteiger partial charge in [0.1, 0.15) is 5.82 Å². The van der Waals surface area contributed by atoms with E-state index in [1.807, 2.05) is 0 Å². The van der Waals surface area contributed by atoms with Crippen molar-refractivity contribution in [1.82, 2.24) is 4.98 Å². The van der Waals surface area contributed by atoms with Crippen molar-refractivity contribution in [3.05, 3.63) is 52.1 Å². The molecule has 0 radical (unpaired) electrons. The van der Waals surface area contributed by atoms with Gasteiger partial charge >= 0.3 is 6.18 Å². The Morgan fingerprint density at radius 2 is 1.86 bits per heavy atom. The van der Waals surface area contributed by atoms with Crippen molar-refractivity contribution in [3.8, 4) is 0 Å². The van der Waals surface area contributed by atoms with E-state index in [2.05, 4.69) is 26.2 Å². The number of hydrogen-bond acceptors (Lipinski definition) is 3. The number of nitrogen functional groups attached to an aromatic ring is 1. The molecule has 3 N–H and O–H groups in total. The number of nitrogens with one attached hydrogen (secondary N) is 1. The molecule has 1 unspecified atom stereocenters. The Morgan fingerprint density at radius 1 is 1.24 bits per heavy atom. The fraction of sp³-hybridized carbons (Fsp3) is 0.214. The summed E-state index contributed by atoms with van der Waals surface area (Å²) in [5.74, 6) is -0.199. The number of benzene rings is 1. The number of pyridine rings is 1. The van der Waals surface area contributed by atoms with E-state index in [9.17, 15) is 13.2 Å². The Labute approximate surface area is 128 Å². The van der Waals surface area contributed by atoms with Crippen LogP contribution in [0.5, 0.6) is 0 Å². The van der Waals surface area contributed by atoms with Crippen molar-refractivity contribution >= 4 is 27.4 Å². The van der Waals surface area contributed by atoms with Gasteiger partial charge in [0, 0.05) is 22.4 Å². The largest absolute Gasteiger partial charge is 0.419 e. The van der Waals surface area contributed by atoms with Gasteiger partial charge < -0.3 is 11.1 Å². The second-order valence-corrected chi connectivity index (χ2v) is 5.50. The first kappa shape index (κ1) is 15.6. The van der Waals surface area contributed by atoms with Crippen LogP contribution in [0.4, 0.5) is 24.7 Å². The number of alkyl halides is 3. The Kier molecular flexibility index (Phi) is 4.41. The zero-order valence-electron chi connectivity index (χ0n) is 11.1.